The third kappa shape index (κ3) is 3.12. The summed E-state index contributed by atoms with van der Waals surface area (Å²) in [6, 6.07) is 5.56. The number of carbonyl (C=O) groups is 1. The van der Waals surface area contributed by atoms with Crippen molar-refractivity contribution >= 4 is 15.9 Å². The maximum atomic E-state index is 13.1. The summed E-state index contributed by atoms with van der Waals surface area (Å²) in [5, 5.41) is 7.75. The Morgan fingerprint density at radius 2 is 1.81 bits per heavy atom. The molecule has 27 heavy (non-hydrogen) atoms. The number of hydrogen-bond donors (Lipinski definition) is 0. The van der Waals surface area contributed by atoms with E-state index in [9.17, 15) is 17.6 Å². The lowest BCUT2D eigenvalue weighted by Crippen LogP contribution is -2.34. The van der Waals surface area contributed by atoms with Crippen LogP contribution in [0.15, 0.2) is 39.9 Å². The summed E-state index contributed by atoms with van der Waals surface area (Å²) in [5.74, 6) is -1.04. The minimum atomic E-state index is -4.14. The van der Waals surface area contributed by atoms with E-state index in [-0.39, 0.29) is 21.9 Å². The van der Waals surface area contributed by atoms with Crippen LogP contribution < -0.4 is 0 Å². The molecule has 10 heteroatoms. The molecule has 0 atom stereocenters. The first-order chi connectivity index (χ1) is 12.6. The van der Waals surface area contributed by atoms with E-state index < -0.39 is 21.7 Å². The number of halogens is 1. The molecule has 0 fully saturated rings. The SMILES string of the molecule is Cc1noc(C)c1S(=O)(=O)N(C)C(=O)c1cnn(-c2ccc(F)cc2)c1C. The van der Waals surface area contributed by atoms with Gasteiger partial charge in [-0.2, -0.15) is 5.10 Å². The lowest BCUT2D eigenvalue weighted by molar-refractivity contribution is 0.0882. The quantitative estimate of drug-likeness (QED) is 0.676. The van der Waals surface area contributed by atoms with Crippen molar-refractivity contribution < 1.29 is 22.1 Å². The molecule has 142 valence electrons. The predicted molar refractivity (Wildman–Crippen MR) is 93.5 cm³/mol. The second-order valence-electron chi connectivity index (χ2n) is 5.96. The number of nitrogens with zero attached hydrogens (tertiary/aromatic N) is 4. The molecule has 1 amide bonds. The van der Waals surface area contributed by atoms with Crippen molar-refractivity contribution in [2.75, 3.05) is 7.05 Å². The molecule has 2 aromatic heterocycles. The van der Waals surface area contributed by atoms with Crippen molar-refractivity contribution in [3.8, 4) is 5.69 Å². The van der Waals surface area contributed by atoms with Crippen LogP contribution in [0.5, 0.6) is 0 Å². The Labute approximate surface area is 155 Å². The first kappa shape index (κ1) is 18.8. The zero-order valence-corrected chi connectivity index (χ0v) is 15.9. The van der Waals surface area contributed by atoms with Crippen LogP contribution in [-0.2, 0) is 10.0 Å². The van der Waals surface area contributed by atoms with Crippen LogP contribution in [0.2, 0.25) is 0 Å². The van der Waals surface area contributed by atoms with Gasteiger partial charge < -0.3 is 4.52 Å². The number of amides is 1. The van der Waals surface area contributed by atoms with Gasteiger partial charge in [-0.3, -0.25) is 4.79 Å². The predicted octanol–water partition coefficient (Wildman–Crippen LogP) is 2.39. The van der Waals surface area contributed by atoms with Gasteiger partial charge in [0.1, 0.15) is 11.5 Å². The number of carbonyl (C=O) groups excluding carboxylic acids is 1. The number of sulfonamides is 1. The Hall–Kier alpha value is -3.01. The lowest BCUT2D eigenvalue weighted by Gasteiger charge is -2.17. The van der Waals surface area contributed by atoms with Gasteiger partial charge in [-0.15, -0.1) is 0 Å². The highest BCUT2D eigenvalue weighted by Gasteiger charge is 2.33. The van der Waals surface area contributed by atoms with E-state index in [1.807, 2.05) is 0 Å². The van der Waals surface area contributed by atoms with E-state index >= 15 is 0 Å². The van der Waals surface area contributed by atoms with E-state index in [2.05, 4.69) is 10.3 Å². The van der Waals surface area contributed by atoms with Crippen LogP contribution in [-0.4, -0.2) is 40.6 Å². The third-order valence-corrected chi connectivity index (χ3v) is 6.17. The molecular weight excluding hydrogens is 375 g/mol. The van der Waals surface area contributed by atoms with Crippen LogP contribution >= 0.6 is 0 Å². The van der Waals surface area contributed by atoms with Crippen molar-refractivity contribution in [2.24, 2.45) is 0 Å². The van der Waals surface area contributed by atoms with Crippen molar-refractivity contribution in [3.05, 3.63) is 59.0 Å². The van der Waals surface area contributed by atoms with Gasteiger partial charge >= 0.3 is 0 Å². The van der Waals surface area contributed by atoms with E-state index in [4.69, 9.17) is 4.52 Å². The average Bonchev–Trinajstić information content (AvgIpc) is 3.17. The lowest BCUT2D eigenvalue weighted by atomic mass is 10.2. The molecule has 0 saturated heterocycles. The molecule has 0 unspecified atom stereocenters. The fourth-order valence-corrected chi connectivity index (χ4v) is 4.12. The van der Waals surface area contributed by atoms with Crippen molar-refractivity contribution in [2.45, 2.75) is 25.7 Å². The smallest absolute Gasteiger partial charge is 0.271 e. The molecule has 0 N–H and O–H groups in total. The Morgan fingerprint density at radius 1 is 1.19 bits per heavy atom. The highest BCUT2D eigenvalue weighted by atomic mass is 32.2. The summed E-state index contributed by atoms with van der Waals surface area (Å²) in [6.45, 7) is 4.57. The normalized spacial score (nSPS) is 11.6. The Morgan fingerprint density at radius 3 is 2.37 bits per heavy atom. The molecule has 2 heterocycles. The monoisotopic (exact) mass is 392 g/mol. The summed E-state index contributed by atoms with van der Waals surface area (Å²) >= 11 is 0. The average molecular weight is 392 g/mol. The van der Waals surface area contributed by atoms with Gasteiger partial charge in [0, 0.05) is 7.05 Å². The molecule has 0 bridgehead atoms. The molecule has 3 rings (SSSR count). The molecule has 0 aliphatic heterocycles. The second-order valence-corrected chi connectivity index (χ2v) is 7.87. The molecule has 0 aliphatic carbocycles. The highest BCUT2D eigenvalue weighted by molar-refractivity contribution is 7.89. The van der Waals surface area contributed by atoms with E-state index in [0.717, 1.165) is 7.05 Å². The summed E-state index contributed by atoms with van der Waals surface area (Å²) in [4.78, 5) is 12.7. The summed E-state index contributed by atoms with van der Waals surface area (Å²) in [6.07, 6.45) is 1.28. The summed E-state index contributed by atoms with van der Waals surface area (Å²) in [5.41, 5.74) is 1.25. The maximum Gasteiger partial charge on any atom is 0.271 e. The van der Waals surface area contributed by atoms with Gasteiger partial charge in [0.25, 0.3) is 15.9 Å². The fourth-order valence-electron chi connectivity index (χ4n) is 2.72. The molecule has 3 aromatic rings. The van der Waals surface area contributed by atoms with E-state index in [1.54, 1.807) is 6.92 Å². The molecule has 0 spiro atoms. The van der Waals surface area contributed by atoms with Gasteiger partial charge in [-0.25, -0.2) is 21.8 Å². The fraction of sp³-hybridized carbons (Fsp3) is 0.235. The Balaban J connectivity index is 1.98. The number of benzene rings is 1. The van der Waals surface area contributed by atoms with Crippen LogP contribution in [0, 0.1) is 26.6 Å². The molecule has 0 saturated carbocycles. The Kier molecular flexibility index (Phi) is 4.60. The van der Waals surface area contributed by atoms with E-state index in [1.165, 1.54) is 49.0 Å². The topological polar surface area (TPSA) is 98.3 Å². The number of rotatable bonds is 4. The zero-order chi connectivity index (χ0) is 19.9. The minimum absolute atomic E-state index is 0.103. The van der Waals surface area contributed by atoms with Gasteiger partial charge in [0.15, 0.2) is 10.7 Å². The Bertz CT molecular complexity index is 1100. The first-order valence-electron chi connectivity index (χ1n) is 7.91. The van der Waals surface area contributed by atoms with Crippen LogP contribution in [0.25, 0.3) is 5.69 Å². The van der Waals surface area contributed by atoms with E-state index in [0.29, 0.717) is 15.7 Å². The maximum absolute atomic E-state index is 13.1. The number of hydrogen-bond acceptors (Lipinski definition) is 6. The van der Waals surface area contributed by atoms with Gasteiger partial charge in [0.05, 0.1) is 23.1 Å². The van der Waals surface area contributed by atoms with Crippen molar-refractivity contribution in [1.29, 1.82) is 0 Å². The zero-order valence-electron chi connectivity index (χ0n) is 15.1. The summed E-state index contributed by atoms with van der Waals surface area (Å²) < 4.78 is 45.7. The van der Waals surface area contributed by atoms with Crippen molar-refractivity contribution in [3.63, 3.8) is 0 Å². The van der Waals surface area contributed by atoms with Gasteiger partial charge in [-0.1, -0.05) is 5.16 Å². The molecule has 0 aliphatic rings. The number of aromatic nitrogens is 3. The number of aryl methyl sites for hydroxylation is 2. The molecule has 8 nitrogen and oxygen atoms in total. The molecular formula is C17H17FN4O4S. The standard InChI is InChI=1S/C17H17FN4O4S/c1-10-16(12(3)26-20-10)27(24,25)21(4)17(23)15-9-19-22(11(15)2)14-7-5-13(18)6-8-14/h5-9H,1-4H3. The minimum Gasteiger partial charge on any atom is -0.360 e. The highest BCUT2D eigenvalue weighted by Crippen LogP contribution is 2.24. The second kappa shape index (κ2) is 6.62. The summed E-state index contributed by atoms with van der Waals surface area (Å²) in [7, 11) is -2.98. The third-order valence-electron chi connectivity index (χ3n) is 4.18. The van der Waals surface area contributed by atoms with Crippen molar-refractivity contribution in [1.82, 2.24) is 19.2 Å². The van der Waals surface area contributed by atoms with Gasteiger partial charge in [-0.05, 0) is 45.0 Å². The van der Waals surface area contributed by atoms with Crippen LogP contribution in [0.4, 0.5) is 4.39 Å². The van der Waals surface area contributed by atoms with Gasteiger partial charge in [0.2, 0.25) is 0 Å². The largest absolute Gasteiger partial charge is 0.360 e. The molecule has 1 aromatic carbocycles. The van der Waals surface area contributed by atoms with Crippen LogP contribution in [0.1, 0.15) is 27.5 Å². The van der Waals surface area contributed by atoms with Crippen LogP contribution in [0.3, 0.4) is 0 Å². The molecule has 0 radical (unpaired) electrons. The first-order valence-corrected chi connectivity index (χ1v) is 9.35.